The molecular formula is C43H52N2O5. The minimum atomic E-state index is -0.249. The van der Waals surface area contributed by atoms with Crippen LogP contribution >= 0.6 is 0 Å². The molecule has 6 aromatic rings. The van der Waals surface area contributed by atoms with Gasteiger partial charge < -0.3 is 23.7 Å². The second-order valence-electron chi connectivity index (χ2n) is 15.0. The number of hydrogen-bond acceptors (Lipinski definition) is 7. The van der Waals surface area contributed by atoms with Crippen molar-refractivity contribution in [3.63, 3.8) is 0 Å². The maximum atomic E-state index is 5.99. The van der Waals surface area contributed by atoms with Crippen LogP contribution in [0, 0.1) is 6.92 Å². The van der Waals surface area contributed by atoms with Crippen LogP contribution in [0.25, 0.3) is 32.4 Å². The van der Waals surface area contributed by atoms with Crippen LogP contribution in [0.3, 0.4) is 0 Å². The average Bonchev–Trinajstić information content (AvgIpc) is 3.03. The highest BCUT2D eigenvalue weighted by atomic mass is 16.5. The van der Waals surface area contributed by atoms with Gasteiger partial charge in [0.1, 0.15) is 39.8 Å². The number of ether oxygens (including phenoxy) is 5. The summed E-state index contributed by atoms with van der Waals surface area (Å²) in [5.74, 6) is 4.14. The Kier molecular flexibility index (Phi) is 11.8. The quantitative estimate of drug-likeness (QED) is 0.180. The predicted octanol–water partition coefficient (Wildman–Crippen LogP) is 11.2. The third-order valence-corrected chi connectivity index (χ3v) is 7.03. The summed E-state index contributed by atoms with van der Waals surface area (Å²) in [5, 5.41) is 5.48. The molecule has 0 radical (unpaired) electrons. The zero-order chi connectivity index (χ0) is 36.7. The van der Waals surface area contributed by atoms with Gasteiger partial charge >= 0.3 is 0 Å². The van der Waals surface area contributed by atoms with Crippen LogP contribution in [0.15, 0.2) is 97.2 Å². The van der Waals surface area contributed by atoms with Crippen molar-refractivity contribution in [2.45, 2.75) is 86.0 Å². The lowest BCUT2D eigenvalue weighted by Gasteiger charge is -2.22. The summed E-state index contributed by atoms with van der Waals surface area (Å²) in [7, 11) is 3.32. The van der Waals surface area contributed by atoms with E-state index in [1.54, 1.807) is 20.4 Å². The number of hydrogen-bond donors (Lipinski definition) is 0. The maximum Gasteiger partial charge on any atom is 0.221 e. The second kappa shape index (κ2) is 15.7. The standard InChI is InChI=1S/C15H19NO2.C14H17NO2.C14H16O/c1-10-8-14(18-15(2,3)4)12-7-6-11(17-5)9-13(12)16-10;1-14(2,3)17-13-12-6-5-11(16-4)9-10(12)7-8-15-13;1-14(2,3)15-13-10-6-8-11-7-4-5-9-12(11)13/h6-9H,1-5H3;5-9H,1-4H3;4-10H,1-3H3. The lowest BCUT2D eigenvalue weighted by Crippen LogP contribution is -2.23. The number of pyridine rings is 2. The largest absolute Gasteiger partial charge is 0.497 e. The molecule has 0 N–H and O–H groups in total. The molecule has 7 nitrogen and oxygen atoms in total. The predicted molar refractivity (Wildman–Crippen MR) is 206 cm³/mol. The summed E-state index contributed by atoms with van der Waals surface area (Å²) in [6, 6.07) is 30.1. The summed E-state index contributed by atoms with van der Waals surface area (Å²) in [6.07, 6.45) is 1.75. The van der Waals surface area contributed by atoms with Gasteiger partial charge in [0, 0.05) is 40.2 Å². The summed E-state index contributed by atoms with van der Waals surface area (Å²) in [4.78, 5) is 8.80. The molecule has 4 aromatic carbocycles. The highest BCUT2D eigenvalue weighted by Crippen LogP contribution is 2.32. The molecule has 0 fully saturated rings. The van der Waals surface area contributed by atoms with Gasteiger partial charge in [0.2, 0.25) is 5.88 Å². The smallest absolute Gasteiger partial charge is 0.221 e. The SMILES string of the molecule is CC(C)(C)Oc1cccc2ccccc12.COc1ccc2c(OC(C)(C)C)cc(C)nc2c1.COc1ccc2c(OC(C)(C)C)nccc2c1. The molecule has 0 saturated carbocycles. The van der Waals surface area contributed by atoms with Crippen molar-refractivity contribution in [3.05, 3.63) is 103 Å². The van der Waals surface area contributed by atoms with Crippen LogP contribution < -0.4 is 23.7 Å². The van der Waals surface area contributed by atoms with Crippen molar-refractivity contribution in [1.82, 2.24) is 9.97 Å². The van der Waals surface area contributed by atoms with E-state index >= 15 is 0 Å². The van der Waals surface area contributed by atoms with E-state index in [0.29, 0.717) is 5.88 Å². The van der Waals surface area contributed by atoms with Crippen LogP contribution in [0.5, 0.6) is 28.9 Å². The van der Waals surface area contributed by atoms with Gasteiger partial charge in [-0.15, -0.1) is 0 Å². The van der Waals surface area contributed by atoms with Gasteiger partial charge in [-0.2, -0.15) is 0 Å². The van der Waals surface area contributed by atoms with Gasteiger partial charge in [-0.05, 0) is 122 Å². The molecule has 264 valence electrons. The number of benzene rings is 4. The Morgan fingerprint density at radius 2 is 1.08 bits per heavy atom. The summed E-state index contributed by atoms with van der Waals surface area (Å²) < 4.78 is 28.2. The van der Waals surface area contributed by atoms with Gasteiger partial charge in [-0.3, -0.25) is 4.98 Å². The fourth-order valence-electron chi connectivity index (χ4n) is 5.08. The average molecular weight is 677 g/mol. The van der Waals surface area contributed by atoms with E-state index < -0.39 is 0 Å². The summed E-state index contributed by atoms with van der Waals surface area (Å²) in [6.45, 7) is 20.3. The Morgan fingerprint density at radius 3 is 1.72 bits per heavy atom. The molecule has 0 unspecified atom stereocenters. The van der Waals surface area contributed by atoms with Crippen LogP contribution in [0.1, 0.15) is 68.0 Å². The van der Waals surface area contributed by atoms with Crippen molar-refractivity contribution < 1.29 is 23.7 Å². The van der Waals surface area contributed by atoms with Crippen molar-refractivity contribution in [2.75, 3.05) is 14.2 Å². The Hall–Kier alpha value is -5.04. The van der Waals surface area contributed by atoms with Crippen molar-refractivity contribution in [2.24, 2.45) is 0 Å². The molecule has 0 aliphatic rings. The molecule has 0 bridgehead atoms. The third-order valence-electron chi connectivity index (χ3n) is 7.03. The zero-order valence-corrected chi connectivity index (χ0v) is 31.7. The second-order valence-corrected chi connectivity index (χ2v) is 15.0. The number of aromatic nitrogens is 2. The molecule has 0 aliphatic carbocycles. The molecule has 0 saturated heterocycles. The molecule has 0 atom stereocenters. The van der Waals surface area contributed by atoms with Gasteiger partial charge in [0.05, 0.1) is 19.7 Å². The first-order valence-electron chi connectivity index (χ1n) is 16.9. The highest BCUT2D eigenvalue weighted by Gasteiger charge is 2.17. The lowest BCUT2D eigenvalue weighted by molar-refractivity contribution is 0.126. The van der Waals surface area contributed by atoms with Crippen LogP contribution in [-0.4, -0.2) is 41.0 Å². The van der Waals surface area contributed by atoms with E-state index in [1.807, 2.05) is 121 Å². The minimum absolute atomic E-state index is 0.149. The first-order chi connectivity index (χ1) is 23.4. The maximum absolute atomic E-state index is 5.99. The summed E-state index contributed by atoms with van der Waals surface area (Å²) >= 11 is 0. The molecule has 2 heterocycles. The number of methoxy groups -OCH3 is 2. The van der Waals surface area contributed by atoms with E-state index in [9.17, 15) is 0 Å². The number of aryl methyl sites for hydroxylation is 1. The first kappa shape index (κ1) is 37.8. The van der Waals surface area contributed by atoms with Crippen LogP contribution in [0.4, 0.5) is 0 Å². The van der Waals surface area contributed by atoms with Gasteiger partial charge in [-0.1, -0.05) is 36.4 Å². The van der Waals surface area contributed by atoms with Gasteiger partial charge in [-0.25, -0.2) is 4.98 Å². The fraction of sp³-hybridized carbons (Fsp3) is 0.349. The van der Waals surface area contributed by atoms with E-state index in [2.05, 4.69) is 48.9 Å². The molecule has 0 amide bonds. The Bertz CT molecular complexity index is 2030. The third kappa shape index (κ3) is 11.0. The topological polar surface area (TPSA) is 71.9 Å². The van der Waals surface area contributed by atoms with E-state index in [-0.39, 0.29) is 16.8 Å². The van der Waals surface area contributed by atoms with Crippen LogP contribution in [0.2, 0.25) is 0 Å². The van der Waals surface area contributed by atoms with Gasteiger partial charge in [0.15, 0.2) is 0 Å². The number of fused-ring (bicyclic) bond motifs is 3. The molecule has 6 rings (SSSR count). The molecule has 50 heavy (non-hydrogen) atoms. The number of rotatable bonds is 5. The first-order valence-corrected chi connectivity index (χ1v) is 16.9. The zero-order valence-electron chi connectivity index (χ0n) is 31.7. The Morgan fingerprint density at radius 1 is 0.500 bits per heavy atom. The van der Waals surface area contributed by atoms with Crippen molar-refractivity contribution in [1.29, 1.82) is 0 Å². The van der Waals surface area contributed by atoms with Crippen molar-refractivity contribution >= 4 is 32.4 Å². The lowest BCUT2D eigenvalue weighted by atomic mass is 10.1. The van der Waals surface area contributed by atoms with Crippen molar-refractivity contribution in [3.8, 4) is 28.9 Å². The molecule has 7 heteroatoms. The normalized spacial score (nSPS) is 11.6. The van der Waals surface area contributed by atoms with Gasteiger partial charge in [0.25, 0.3) is 0 Å². The molecule has 0 aliphatic heterocycles. The fourth-order valence-corrected chi connectivity index (χ4v) is 5.08. The highest BCUT2D eigenvalue weighted by molar-refractivity contribution is 5.89. The summed E-state index contributed by atoms with van der Waals surface area (Å²) in [5.41, 5.74) is 1.22. The molecule has 2 aromatic heterocycles. The van der Waals surface area contributed by atoms with E-state index in [1.165, 1.54) is 10.8 Å². The minimum Gasteiger partial charge on any atom is -0.497 e. The van der Waals surface area contributed by atoms with Crippen LogP contribution in [-0.2, 0) is 0 Å². The monoisotopic (exact) mass is 676 g/mol. The Balaban J connectivity index is 0.000000169. The molecule has 0 spiro atoms. The number of nitrogens with zero attached hydrogens (tertiary/aromatic N) is 2. The van der Waals surface area contributed by atoms with E-state index in [0.717, 1.165) is 50.4 Å². The Labute approximate surface area is 297 Å². The van der Waals surface area contributed by atoms with E-state index in [4.69, 9.17) is 23.7 Å². The molecular weight excluding hydrogens is 624 g/mol.